The van der Waals surface area contributed by atoms with Crippen LogP contribution in [0.3, 0.4) is 0 Å². The van der Waals surface area contributed by atoms with E-state index in [1.807, 2.05) is 10.6 Å². The Bertz CT molecular complexity index is 1090. The molecule has 0 bridgehead atoms. The van der Waals surface area contributed by atoms with Crippen LogP contribution in [0.25, 0.3) is 5.52 Å². The van der Waals surface area contributed by atoms with Gasteiger partial charge in [-0.25, -0.2) is 4.98 Å². The van der Waals surface area contributed by atoms with Crippen molar-refractivity contribution < 1.29 is 22.7 Å². The van der Waals surface area contributed by atoms with Crippen molar-refractivity contribution in [2.45, 2.75) is 56.7 Å². The molecule has 5 rings (SSSR count). The molecule has 2 saturated carbocycles. The van der Waals surface area contributed by atoms with E-state index in [1.54, 1.807) is 24.7 Å². The third-order valence-electron chi connectivity index (χ3n) is 6.57. The zero-order valence-electron chi connectivity index (χ0n) is 16.9. The molecule has 2 aliphatic carbocycles. The molecule has 162 valence electrons. The molecule has 31 heavy (non-hydrogen) atoms. The minimum Gasteiger partial charge on any atom is -0.406 e. The van der Waals surface area contributed by atoms with Crippen molar-refractivity contribution in [3.63, 3.8) is 0 Å². The van der Waals surface area contributed by atoms with Gasteiger partial charge in [0.15, 0.2) is 5.78 Å². The molecule has 0 saturated heterocycles. The van der Waals surface area contributed by atoms with Crippen LogP contribution in [0.1, 0.15) is 71.8 Å². The molecule has 0 radical (unpaired) electrons. The van der Waals surface area contributed by atoms with Crippen LogP contribution in [0.15, 0.2) is 49.1 Å². The number of hydrogen-bond acceptors (Lipinski definition) is 3. The van der Waals surface area contributed by atoms with Crippen LogP contribution in [0.4, 0.5) is 13.2 Å². The Balaban J connectivity index is 1.29. The monoisotopic (exact) mass is 428 g/mol. The largest absolute Gasteiger partial charge is 0.573 e. The summed E-state index contributed by atoms with van der Waals surface area (Å²) in [6.07, 6.45) is 6.31. The molecular formula is C24H23F3N2O2. The summed E-state index contributed by atoms with van der Waals surface area (Å²) < 4.78 is 42.9. The molecule has 2 fully saturated rings. The Kier molecular flexibility index (Phi) is 4.99. The van der Waals surface area contributed by atoms with E-state index in [4.69, 9.17) is 0 Å². The third kappa shape index (κ3) is 4.18. The summed E-state index contributed by atoms with van der Waals surface area (Å²) in [6.45, 7) is 0. The highest BCUT2D eigenvalue weighted by molar-refractivity contribution is 6.05. The van der Waals surface area contributed by atoms with Gasteiger partial charge in [-0.2, -0.15) is 0 Å². The van der Waals surface area contributed by atoms with Gasteiger partial charge < -0.3 is 9.14 Å². The Labute approximate surface area is 178 Å². The van der Waals surface area contributed by atoms with E-state index in [1.165, 1.54) is 12.1 Å². The molecule has 3 aromatic rings. The van der Waals surface area contributed by atoms with Crippen LogP contribution >= 0.6 is 0 Å². The molecule has 0 aliphatic heterocycles. The van der Waals surface area contributed by atoms with Crippen LogP contribution in [0.5, 0.6) is 5.75 Å². The summed E-state index contributed by atoms with van der Waals surface area (Å²) >= 11 is 0. The van der Waals surface area contributed by atoms with Gasteiger partial charge >= 0.3 is 6.36 Å². The van der Waals surface area contributed by atoms with Gasteiger partial charge in [-0.05, 0) is 79.7 Å². The number of rotatable bonds is 5. The number of pyridine rings is 1. The van der Waals surface area contributed by atoms with E-state index < -0.39 is 6.36 Å². The lowest BCUT2D eigenvalue weighted by Crippen LogP contribution is -2.23. The summed E-state index contributed by atoms with van der Waals surface area (Å²) in [4.78, 5) is 17.7. The normalized spacial score (nSPS) is 21.9. The Morgan fingerprint density at radius 1 is 0.968 bits per heavy atom. The standard InChI is InChI=1S/C24H23F3N2O2/c25-24(26,27)31-19-9-7-16(8-10-19)15-1-5-18(6-2-15)23(30)22-20(17-3-4-17)11-12-29-14-28-13-21(22)29/h7-15,17-18H,1-6H2. The van der Waals surface area contributed by atoms with Gasteiger partial charge in [-0.1, -0.05) is 12.1 Å². The summed E-state index contributed by atoms with van der Waals surface area (Å²) in [5, 5.41) is 0. The average Bonchev–Trinajstić information content (AvgIpc) is 3.48. The van der Waals surface area contributed by atoms with Gasteiger partial charge in [-0.3, -0.25) is 4.79 Å². The fourth-order valence-corrected chi connectivity index (χ4v) is 4.85. The lowest BCUT2D eigenvalue weighted by Gasteiger charge is -2.28. The van der Waals surface area contributed by atoms with E-state index in [0.717, 1.165) is 60.7 Å². The maximum atomic E-state index is 13.5. The summed E-state index contributed by atoms with van der Waals surface area (Å²) in [5.41, 5.74) is 3.87. The number of Topliss-reactive ketones (excluding diaryl/α,β-unsaturated/α-hetero) is 1. The number of ether oxygens (including phenoxy) is 1. The molecule has 7 heteroatoms. The summed E-state index contributed by atoms with van der Waals surface area (Å²) in [6, 6.07) is 8.19. The summed E-state index contributed by atoms with van der Waals surface area (Å²) in [5.74, 6) is 0.704. The molecule has 0 atom stereocenters. The van der Waals surface area contributed by atoms with E-state index >= 15 is 0 Å². The minimum atomic E-state index is -4.68. The van der Waals surface area contributed by atoms with E-state index in [0.29, 0.717) is 5.92 Å². The number of ketones is 1. The van der Waals surface area contributed by atoms with Gasteiger partial charge in [0.2, 0.25) is 0 Å². The van der Waals surface area contributed by atoms with Gasteiger partial charge in [0.1, 0.15) is 5.75 Å². The van der Waals surface area contributed by atoms with Crippen molar-refractivity contribution in [3.8, 4) is 5.75 Å². The predicted molar refractivity (Wildman–Crippen MR) is 109 cm³/mol. The number of nitrogens with zero attached hydrogens (tertiary/aromatic N) is 2. The van der Waals surface area contributed by atoms with Gasteiger partial charge in [0.25, 0.3) is 0 Å². The second-order valence-corrected chi connectivity index (χ2v) is 8.64. The highest BCUT2D eigenvalue weighted by Crippen LogP contribution is 2.44. The van der Waals surface area contributed by atoms with Crippen LogP contribution in [0, 0.1) is 5.92 Å². The van der Waals surface area contributed by atoms with Crippen molar-refractivity contribution in [1.29, 1.82) is 0 Å². The number of halogens is 3. The number of alkyl halides is 3. The molecule has 0 amide bonds. The first-order valence-electron chi connectivity index (χ1n) is 10.7. The molecule has 2 aliphatic rings. The average molecular weight is 428 g/mol. The van der Waals surface area contributed by atoms with Crippen molar-refractivity contribution in [2.24, 2.45) is 5.92 Å². The Morgan fingerprint density at radius 3 is 2.29 bits per heavy atom. The smallest absolute Gasteiger partial charge is 0.406 e. The molecule has 0 spiro atoms. The number of imidazole rings is 1. The second-order valence-electron chi connectivity index (χ2n) is 8.64. The van der Waals surface area contributed by atoms with E-state index in [9.17, 15) is 18.0 Å². The number of carbonyl (C=O) groups is 1. The number of fused-ring (bicyclic) bond motifs is 1. The zero-order valence-corrected chi connectivity index (χ0v) is 16.9. The number of hydrogen-bond donors (Lipinski definition) is 0. The summed E-state index contributed by atoms with van der Waals surface area (Å²) in [7, 11) is 0. The minimum absolute atomic E-state index is 0.0253. The van der Waals surface area contributed by atoms with E-state index in [-0.39, 0.29) is 23.4 Å². The van der Waals surface area contributed by atoms with Crippen LogP contribution in [-0.4, -0.2) is 21.5 Å². The van der Waals surface area contributed by atoms with Crippen LogP contribution in [-0.2, 0) is 0 Å². The molecule has 2 aromatic heterocycles. The fourth-order valence-electron chi connectivity index (χ4n) is 4.85. The van der Waals surface area contributed by atoms with Crippen LogP contribution in [0.2, 0.25) is 0 Å². The first-order chi connectivity index (χ1) is 14.9. The van der Waals surface area contributed by atoms with Crippen molar-refractivity contribution >= 4 is 11.3 Å². The quantitative estimate of drug-likeness (QED) is 0.450. The fraction of sp³-hybridized carbons (Fsp3) is 0.417. The molecular weight excluding hydrogens is 405 g/mol. The lowest BCUT2D eigenvalue weighted by molar-refractivity contribution is -0.274. The number of benzene rings is 1. The van der Waals surface area contributed by atoms with Gasteiger partial charge in [0, 0.05) is 17.7 Å². The maximum absolute atomic E-state index is 13.5. The Morgan fingerprint density at radius 2 is 1.65 bits per heavy atom. The molecule has 1 aromatic carbocycles. The molecule has 2 heterocycles. The second kappa shape index (κ2) is 7.70. The molecule has 4 nitrogen and oxygen atoms in total. The predicted octanol–water partition coefficient (Wildman–Crippen LogP) is 6.27. The molecule has 0 unspecified atom stereocenters. The van der Waals surface area contributed by atoms with Crippen molar-refractivity contribution in [3.05, 3.63) is 65.7 Å². The SMILES string of the molecule is O=C(c1c(C2CC2)ccn2cncc12)C1CCC(c2ccc(OC(F)(F)F)cc2)CC1. The first kappa shape index (κ1) is 20.1. The maximum Gasteiger partial charge on any atom is 0.573 e. The van der Waals surface area contributed by atoms with Crippen molar-refractivity contribution in [1.82, 2.24) is 9.38 Å². The zero-order chi connectivity index (χ0) is 21.6. The van der Waals surface area contributed by atoms with Crippen LogP contribution < -0.4 is 4.74 Å². The highest BCUT2D eigenvalue weighted by Gasteiger charge is 2.34. The van der Waals surface area contributed by atoms with E-state index in [2.05, 4.69) is 15.8 Å². The number of carbonyl (C=O) groups excluding carboxylic acids is 1. The number of aromatic nitrogens is 2. The highest BCUT2D eigenvalue weighted by atomic mass is 19.4. The van der Waals surface area contributed by atoms with Gasteiger partial charge in [-0.15, -0.1) is 13.2 Å². The first-order valence-corrected chi connectivity index (χ1v) is 10.7. The topological polar surface area (TPSA) is 43.6 Å². The Hall–Kier alpha value is -2.83. The lowest BCUT2D eigenvalue weighted by atomic mass is 9.75. The third-order valence-corrected chi connectivity index (χ3v) is 6.57. The van der Waals surface area contributed by atoms with Gasteiger partial charge in [0.05, 0.1) is 18.0 Å². The molecule has 0 N–H and O–H groups in total. The van der Waals surface area contributed by atoms with Crippen molar-refractivity contribution in [2.75, 3.05) is 0 Å².